The third-order valence-corrected chi connectivity index (χ3v) is 3.79. The van der Waals surface area contributed by atoms with Gasteiger partial charge in [0, 0.05) is 30.3 Å². The molecule has 5 nitrogen and oxygen atoms in total. The minimum Gasteiger partial charge on any atom is -0.492 e. The van der Waals surface area contributed by atoms with Gasteiger partial charge in [0.15, 0.2) is 0 Å². The van der Waals surface area contributed by atoms with Gasteiger partial charge in [-0.25, -0.2) is 0 Å². The van der Waals surface area contributed by atoms with Crippen LogP contribution in [0.5, 0.6) is 5.75 Å². The first kappa shape index (κ1) is 15.8. The summed E-state index contributed by atoms with van der Waals surface area (Å²) in [6, 6.07) is 7.47. The normalized spacial score (nSPS) is 16.4. The summed E-state index contributed by atoms with van der Waals surface area (Å²) in [7, 11) is 4.01. The number of ether oxygens (including phenoxy) is 1. The average molecular weight is 291 g/mol. The van der Waals surface area contributed by atoms with Crippen molar-refractivity contribution < 1.29 is 9.53 Å². The number of nitrogens with one attached hydrogen (secondary N) is 1. The molecular formula is C16H25N3O2. The first-order valence-electron chi connectivity index (χ1n) is 7.43. The Balaban J connectivity index is 1.83. The van der Waals surface area contributed by atoms with Gasteiger partial charge in [0.1, 0.15) is 12.4 Å². The molecule has 2 rings (SSSR count). The number of benzene rings is 1. The summed E-state index contributed by atoms with van der Waals surface area (Å²) in [5.74, 6) is 0.739. The molecule has 21 heavy (non-hydrogen) atoms. The summed E-state index contributed by atoms with van der Waals surface area (Å²) in [6.07, 6.45) is 3.39. The molecule has 3 N–H and O–H groups in total. The molecule has 0 saturated heterocycles. The Morgan fingerprint density at radius 3 is 2.81 bits per heavy atom. The highest BCUT2D eigenvalue weighted by molar-refractivity contribution is 5.91. The maximum Gasteiger partial charge on any atom is 0.226 e. The van der Waals surface area contributed by atoms with Crippen molar-refractivity contribution >= 4 is 11.6 Å². The monoisotopic (exact) mass is 291 g/mol. The van der Waals surface area contributed by atoms with Gasteiger partial charge in [-0.2, -0.15) is 0 Å². The molecule has 1 aliphatic carbocycles. The third kappa shape index (κ3) is 5.02. The SMILES string of the molecule is CN(C)CCOc1cccc(NC(=O)CC2(N)CCC2)c1. The zero-order valence-corrected chi connectivity index (χ0v) is 12.9. The first-order valence-corrected chi connectivity index (χ1v) is 7.43. The summed E-state index contributed by atoms with van der Waals surface area (Å²) in [6.45, 7) is 1.47. The van der Waals surface area contributed by atoms with Crippen LogP contribution in [0.25, 0.3) is 0 Å². The lowest BCUT2D eigenvalue weighted by Gasteiger charge is -2.37. The molecule has 0 heterocycles. The maximum atomic E-state index is 12.0. The van der Waals surface area contributed by atoms with E-state index >= 15 is 0 Å². The van der Waals surface area contributed by atoms with E-state index in [0.717, 1.165) is 37.2 Å². The second-order valence-corrected chi connectivity index (χ2v) is 6.12. The van der Waals surface area contributed by atoms with E-state index in [1.807, 2.05) is 38.4 Å². The first-order chi connectivity index (χ1) is 9.97. The smallest absolute Gasteiger partial charge is 0.226 e. The van der Waals surface area contributed by atoms with E-state index < -0.39 is 0 Å². The zero-order chi connectivity index (χ0) is 15.3. The van der Waals surface area contributed by atoms with Gasteiger partial charge < -0.3 is 20.7 Å². The van der Waals surface area contributed by atoms with E-state index in [0.29, 0.717) is 13.0 Å². The molecule has 116 valence electrons. The molecular weight excluding hydrogens is 266 g/mol. The molecule has 1 saturated carbocycles. The van der Waals surface area contributed by atoms with Gasteiger partial charge in [-0.05, 0) is 45.5 Å². The zero-order valence-electron chi connectivity index (χ0n) is 12.9. The number of anilines is 1. The second-order valence-electron chi connectivity index (χ2n) is 6.12. The number of hydrogen-bond donors (Lipinski definition) is 2. The van der Waals surface area contributed by atoms with E-state index in [4.69, 9.17) is 10.5 Å². The predicted molar refractivity (Wildman–Crippen MR) is 84.5 cm³/mol. The van der Waals surface area contributed by atoms with E-state index in [1.165, 1.54) is 0 Å². The highest BCUT2D eigenvalue weighted by atomic mass is 16.5. The Kier molecular flexibility index (Phi) is 5.20. The van der Waals surface area contributed by atoms with Gasteiger partial charge in [-0.1, -0.05) is 6.07 Å². The topological polar surface area (TPSA) is 67.6 Å². The quantitative estimate of drug-likeness (QED) is 0.804. The molecule has 5 heteroatoms. The number of rotatable bonds is 7. The molecule has 1 aromatic rings. The number of amides is 1. The van der Waals surface area contributed by atoms with Crippen molar-refractivity contribution in [2.24, 2.45) is 5.73 Å². The second kappa shape index (κ2) is 6.91. The number of carbonyl (C=O) groups excluding carboxylic acids is 1. The molecule has 0 aromatic heterocycles. The van der Waals surface area contributed by atoms with E-state index in [1.54, 1.807) is 0 Å². The third-order valence-electron chi connectivity index (χ3n) is 3.79. The molecule has 0 spiro atoms. The molecule has 1 aliphatic rings. The van der Waals surface area contributed by atoms with Crippen molar-refractivity contribution in [2.75, 3.05) is 32.6 Å². The van der Waals surface area contributed by atoms with Crippen LogP contribution in [-0.2, 0) is 4.79 Å². The molecule has 0 aliphatic heterocycles. The Hall–Kier alpha value is -1.59. The molecule has 1 aromatic carbocycles. The molecule has 0 unspecified atom stereocenters. The van der Waals surface area contributed by atoms with Gasteiger partial charge in [-0.3, -0.25) is 4.79 Å². The van der Waals surface area contributed by atoms with Crippen LogP contribution in [0.4, 0.5) is 5.69 Å². The molecule has 1 fully saturated rings. The molecule has 0 bridgehead atoms. The van der Waals surface area contributed by atoms with Crippen molar-refractivity contribution in [3.63, 3.8) is 0 Å². The highest BCUT2D eigenvalue weighted by Gasteiger charge is 2.34. The van der Waals surface area contributed by atoms with Crippen LogP contribution in [0.15, 0.2) is 24.3 Å². The van der Waals surface area contributed by atoms with Gasteiger partial charge in [0.05, 0.1) is 0 Å². The Morgan fingerprint density at radius 2 is 2.19 bits per heavy atom. The van der Waals surface area contributed by atoms with E-state index in [2.05, 4.69) is 10.2 Å². The fraction of sp³-hybridized carbons (Fsp3) is 0.562. The van der Waals surface area contributed by atoms with Crippen LogP contribution in [0, 0.1) is 0 Å². The fourth-order valence-electron chi connectivity index (χ4n) is 2.34. The molecule has 1 amide bonds. The Morgan fingerprint density at radius 1 is 1.43 bits per heavy atom. The lowest BCUT2D eigenvalue weighted by Crippen LogP contribution is -2.48. The van der Waals surface area contributed by atoms with Crippen LogP contribution in [0.2, 0.25) is 0 Å². The van der Waals surface area contributed by atoms with Gasteiger partial charge in [-0.15, -0.1) is 0 Å². The van der Waals surface area contributed by atoms with Crippen molar-refractivity contribution in [3.8, 4) is 5.75 Å². The minimum absolute atomic E-state index is 0.0253. The standard InChI is InChI=1S/C16H25N3O2/c1-19(2)9-10-21-14-6-3-5-13(11-14)18-15(20)12-16(17)7-4-8-16/h3,5-6,11H,4,7-10,12,17H2,1-2H3,(H,18,20). The number of carbonyl (C=O) groups is 1. The number of hydrogen-bond acceptors (Lipinski definition) is 4. The maximum absolute atomic E-state index is 12.0. The largest absolute Gasteiger partial charge is 0.492 e. The minimum atomic E-state index is -0.288. The fourth-order valence-corrected chi connectivity index (χ4v) is 2.34. The average Bonchev–Trinajstić information content (AvgIpc) is 2.36. The lowest BCUT2D eigenvalue weighted by molar-refractivity contribution is -0.118. The number of nitrogens with zero attached hydrogens (tertiary/aromatic N) is 1. The van der Waals surface area contributed by atoms with Crippen LogP contribution in [0.1, 0.15) is 25.7 Å². The number of nitrogens with two attached hydrogens (primary N) is 1. The van der Waals surface area contributed by atoms with Crippen LogP contribution in [-0.4, -0.2) is 43.6 Å². The predicted octanol–water partition coefficient (Wildman–Crippen LogP) is 1.84. The van der Waals surface area contributed by atoms with Crippen LogP contribution >= 0.6 is 0 Å². The van der Waals surface area contributed by atoms with E-state index in [-0.39, 0.29) is 11.4 Å². The van der Waals surface area contributed by atoms with Gasteiger partial charge >= 0.3 is 0 Å². The van der Waals surface area contributed by atoms with Crippen molar-refractivity contribution in [3.05, 3.63) is 24.3 Å². The van der Waals surface area contributed by atoms with Crippen molar-refractivity contribution in [1.29, 1.82) is 0 Å². The van der Waals surface area contributed by atoms with E-state index in [9.17, 15) is 4.79 Å². The summed E-state index contributed by atoms with van der Waals surface area (Å²) >= 11 is 0. The Bertz CT molecular complexity index is 484. The van der Waals surface area contributed by atoms with Crippen molar-refractivity contribution in [2.45, 2.75) is 31.2 Å². The summed E-state index contributed by atoms with van der Waals surface area (Å²) in [5.41, 5.74) is 6.56. The van der Waals surface area contributed by atoms with Gasteiger partial charge in [0.25, 0.3) is 0 Å². The summed E-state index contributed by atoms with van der Waals surface area (Å²) in [4.78, 5) is 14.1. The summed E-state index contributed by atoms with van der Waals surface area (Å²) < 4.78 is 5.65. The van der Waals surface area contributed by atoms with Crippen molar-refractivity contribution in [1.82, 2.24) is 4.90 Å². The van der Waals surface area contributed by atoms with Crippen LogP contribution in [0.3, 0.4) is 0 Å². The highest BCUT2D eigenvalue weighted by Crippen LogP contribution is 2.32. The summed E-state index contributed by atoms with van der Waals surface area (Å²) in [5, 5.41) is 2.90. The van der Waals surface area contributed by atoms with Gasteiger partial charge in [0.2, 0.25) is 5.91 Å². The Labute approximate surface area is 126 Å². The van der Waals surface area contributed by atoms with Crippen LogP contribution < -0.4 is 15.8 Å². The molecule has 0 radical (unpaired) electrons. The lowest BCUT2D eigenvalue weighted by atomic mass is 9.75. The number of likely N-dealkylation sites (N-methyl/N-ethyl adjacent to an activating group) is 1. The molecule has 0 atom stereocenters.